The zero-order valence-electron chi connectivity index (χ0n) is 11.7. The molecule has 0 bridgehead atoms. The second-order valence-corrected chi connectivity index (χ2v) is 5.46. The summed E-state index contributed by atoms with van der Waals surface area (Å²) < 4.78 is 0.687. The van der Waals surface area contributed by atoms with Gasteiger partial charge in [0.15, 0.2) is 0 Å². The van der Waals surface area contributed by atoms with E-state index in [1.54, 1.807) is 18.2 Å². The standard InChI is InChI=1S/C14H18BrN3O2/c1-9(2)10(3)17-18-13(19)8-16-14(20)11-6-4-5-7-12(11)15/h4-7,9H,8H2,1-3H3,(H,16,20)(H,18,19)/b17-10+. The Bertz CT molecular complexity index is 527. The Morgan fingerprint density at radius 2 is 1.95 bits per heavy atom. The van der Waals surface area contributed by atoms with Crippen molar-refractivity contribution in [1.82, 2.24) is 10.7 Å². The van der Waals surface area contributed by atoms with E-state index in [1.165, 1.54) is 0 Å². The van der Waals surface area contributed by atoms with Gasteiger partial charge in [0.25, 0.3) is 11.8 Å². The molecule has 0 heterocycles. The van der Waals surface area contributed by atoms with Crippen molar-refractivity contribution in [2.45, 2.75) is 20.8 Å². The topological polar surface area (TPSA) is 70.6 Å². The fraction of sp³-hybridized carbons (Fsp3) is 0.357. The summed E-state index contributed by atoms with van der Waals surface area (Å²) in [4.78, 5) is 23.4. The first-order chi connectivity index (χ1) is 9.41. The van der Waals surface area contributed by atoms with Crippen molar-refractivity contribution < 1.29 is 9.59 Å². The Labute approximate surface area is 127 Å². The summed E-state index contributed by atoms with van der Waals surface area (Å²) in [5.41, 5.74) is 3.73. The van der Waals surface area contributed by atoms with Gasteiger partial charge in [0.05, 0.1) is 12.1 Å². The third-order valence-corrected chi connectivity index (χ3v) is 3.41. The molecule has 5 nitrogen and oxygen atoms in total. The van der Waals surface area contributed by atoms with Gasteiger partial charge in [-0.25, -0.2) is 5.43 Å². The van der Waals surface area contributed by atoms with Crippen LogP contribution in [0.15, 0.2) is 33.8 Å². The van der Waals surface area contributed by atoms with Crippen molar-refractivity contribution in [1.29, 1.82) is 0 Å². The summed E-state index contributed by atoms with van der Waals surface area (Å²) in [5.74, 6) is -0.396. The molecule has 0 aromatic heterocycles. The molecule has 1 rings (SSSR count). The summed E-state index contributed by atoms with van der Waals surface area (Å²) >= 11 is 3.29. The van der Waals surface area contributed by atoms with Gasteiger partial charge in [0, 0.05) is 10.2 Å². The Morgan fingerprint density at radius 3 is 2.55 bits per heavy atom. The van der Waals surface area contributed by atoms with Crippen LogP contribution in [0.1, 0.15) is 31.1 Å². The average Bonchev–Trinajstić information content (AvgIpc) is 2.42. The summed E-state index contributed by atoms with van der Waals surface area (Å²) in [6, 6.07) is 7.02. The summed E-state index contributed by atoms with van der Waals surface area (Å²) in [5, 5.41) is 6.49. The average molecular weight is 340 g/mol. The molecule has 0 unspecified atom stereocenters. The number of hydrogen-bond donors (Lipinski definition) is 2. The van der Waals surface area contributed by atoms with Gasteiger partial charge >= 0.3 is 0 Å². The Morgan fingerprint density at radius 1 is 1.30 bits per heavy atom. The highest BCUT2D eigenvalue weighted by Gasteiger charge is 2.10. The molecule has 20 heavy (non-hydrogen) atoms. The maximum atomic E-state index is 11.9. The van der Waals surface area contributed by atoms with Crippen LogP contribution in [0.5, 0.6) is 0 Å². The van der Waals surface area contributed by atoms with Crippen LogP contribution >= 0.6 is 15.9 Å². The molecule has 0 aliphatic heterocycles. The van der Waals surface area contributed by atoms with Crippen molar-refractivity contribution in [3.63, 3.8) is 0 Å². The van der Waals surface area contributed by atoms with Crippen molar-refractivity contribution >= 4 is 33.5 Å². The van der Waals surface area contributed by atoms with Gasteiger partial charge in [-0.15, -0.1) is 0 Å². The molecule has 2 N–H and O–H groups in total. The van der Waals surface area contributed by atoms with Crippen LogP contribution in [-0.4, -0.2) is 24.1 Å². The number of nitrogens with one attached hydrogen (secondary N) is 2. The van der Waals surface area contributed by atoms with Crippen molar-refractivity contribution in [2.75, 3.05) is 6.54 Å². The smallest absolute Gasteiger partial charge is 0.259 e. The number of rotatable bonds is 5. The Balaban J connectivity index is 2.48. The van der Waals surface area contributed by atoms with Gasteiger partial charge in [-0.05, 0) is 40.9 Å². The Hall–Kier alpha value is -1.69. The lowest BCUT2D eigenvalue weighted by atomic mass is 10.1. The molecule has 0 atom stereocenters. The van der Waals surface area contributed by atoms with Gasteiger partial charge in [-0.2, -0.15) is 5.10 Å². The van der Waals surface area contributed by atoms with E-state index >= 15 is 0 Å². The van der Waals surface area contributed by atoms with E-state index in [0.717, 1.165) is 5.71 Å². The molecule has 0 radical (unpaired) electrons. The third kappa shape index (κ3) is 5.13. The van der Waals surface area contributed by atoms with E-state index in [1.807, 2.05) is 26.8 Å². The maximum Gasteiger partial charge on any atom is 0.259 e. The highest BCUT2D eigenvalue weighted by Crippen LogP contribution is 2.15. The second kappa shape index (κ2) is 7.79. The van der Waals surface area contributed by atoms with E-state index < -0.39 is 0 Å². The SMILES string of the molecule is C/C(=N\NC(=O)CNC(=O)c1ccccc1Br)C(C)C. The normalized spacial score (nSPS) is 11.3. The molecular weight excluding hydrogens is 322 g/mol. The van der Waals surface area contributed by atoms with Crippen LogP contribution in [0.4, 0.5) is 0 Å². The molecule has 2 amide bonds. The number of carbonyl (C=O) groups is 2. The lowest BCUT2D eigenvalue weighted by Crippen LogP contribution is -2.35. The van der Waals surface area contributed by atoms with Gasteiger partial charge in [0.2, 0.25) is 0 Å². The zero-order chi connectivity index (χ0) is 15.1. The van der Waals surface area contributed by atoms with E-state index in [-0.39, 0.29) is 24.3 Å². The molecule has 0 saturated heterocycles. The van der Waals surface area contributed by atoms with E-state index in [0.29, 0.717) is 10.0 Å². The van der Waals surface area contributed by atoms with Gasteiger partial charge in [-0.3, -0.25) is 9.59 Å². The number of benzene rings is 1. The van der Waals surface area contributed by atoms with Crippen LogP contribution in [-0.2, 0) is 4.79 Å². The highest BCUT2D eigenvalue weighted by atomic mass is 79.9. The summed E-state index contributed by atoms with van der Waals surface area (Å²) in [6.45, 7) is 5.69. The summed E-state index contributed by atoms with van der Waals surface area (Å²) in [6.07, 6.45) is 0. The molecule has 1 aromatic carbocycles. The van der Waals surface area contributed by atoms with Gasteiger partial charge in [-0.1, -0.05) is 26.0 Å². The predicted octanol–water partition coefficient (Wildman–Crippen LogP) is 2.33. The lowest BCUT2D eigenvalue weighted by molar-refractivity contribution is -0.120. The molecule has 0 aliphatic rings. The number of amides is 2. The van der Waals surface area contributed by atoms with Crippen LogP contribution in [0.3, 0.4) is 0 Å². The quantitative estimate of drug-likeness (QED) is 0.638. The first kappa shape index (κ1) is 16.4. The first-order valence-corrected chi connectivity index (χ1v) is 7.07. The third-order valence-electron chi connectivity index (χ3n) is 2.72. The van der Waals surface area contributed by atoms with E-state index in [9.17, 15) is 9.59 Å². The van der Waals surface area contributed by atoms with Crippen molar-refractivity contribution in [2.24, 2.45) is 11.0 Å². The number of carbonyl (C=O) groups excluding carboxylic acids is 2. The number of hydrazone groups is 1. The van der Waals surface area contributed by atoms with Gasteiger partial charge in [0.1, 0.15) is 0 Å². The first-order valence-electron chi connectivity index (χ1n) is 6.27. The fourth-order valence-corrected chi connectivity index (χ4v) is 1.69. The highest BCUT2D eigenvalue weighted by molar-refractivity contribution is 9.10. The molecule has 0 fully saturated rings. The minimum Gasteiger partial charge on any atom is -0.343 e. The van der Waals surface area contributed by atoms with Crippen LogP contribution < -0.4 is 10.7 Å². The minimum absolute atomic E-state index is 0.116. The zero-order valence-corrected chi connectivity index (χ0v) is 13.3. The molecule has 0 saturated carbocycles. The predicted molar refractivity (Wildman–Crippen MR) is 82.6 cm³/mol. The largest absolute Gasteiger partial charge is 0.343 e. The molecule has 1 aromatic rings. The minimum atomic E-state index is -0.356. The van der Waals surface area contributed by atoms with Gasteiger partial charge < -0.3 is 5.32 Å². The number of nitrogens with zero attached hydrogens (tertiary/aromatic N) is 1. The molecule has 0 aliphatic carbocycles. The van der Waals surface area contributed by atoms with Crippen LogP contribution in [0.2, 0.25) is 0 Å². The lowest BCUT2D eigenvalue weighted by Gasteiger charge is -2.07. The summed E-state index contributed by atoms with van der Waals surface area (Å²) in [7, 11) is 0. The van der Waals surface area contributed by atoms with Crippen LogP contribution in [0.25, 0.3) is 0 Å². The maximum absolute atomic E-state index is 11.9. The molecule has 108 valence electrons. The van der Waals surface area contributed by atoms with Crippen molar-refractivity contribution in [3.05, 3.63) is 34.3 Å². The van der Waals surface area contributed by atoms with E-state index in [4.69, 9.17) is 0 Å². The van der Waals surface area contributed by atoms with Crippen LogP contribution in [0, 0.1) is 5.92 Å². The number of hydrogen-bond acceptors (Lipinski definition) is 3. The fourth-order valence-electron chi connectivity index (χ4n) is 1.22. The molecule has 0 spiro atoms. The van der Waals surface area contributed by atoms with E-state index in [2.05, 4.69) is 31.8 Å². The van der Waals surface area contributed by atoms with Crippen molar-refractivity contribution in [3.8, 4) is 0 Å². The molecule has 6 heteroatoms. The Kier molecular flexibility index (Phi) is 6.38. The second-order valence-electron chi connectivity index (χ2n) is 4.61. The molecular formula is C14H18BrN3O2. The monoisotopic (exact) mass is 339 g/mol. The number of halogens is 1.